The van der Waals surface area contributed by atoms with Crippen molar-refractivity contribution in [1.82, 2.24) is 20.1 Å². The second-order valence-electron chi connectivity index (χ2n) is 10.9. The van der Waals surface area contributed by atoms with Gasteiger partial charge >= 0.3 is 0 Å². The highest BCUT2D eigenvalue weighted by atomic mass is 19.3. The van der Waals surface area contributed by atoms with Gasteiger partial charge < -0.3 is 10.2 Å². The highest BCUT2D eigenvalue weighted by Crippen LogP contribution is 2.42. The third-order valence-electron chi connectivity index (χ3n) is 7.39. The number of pyridine rings is 1. The van der Waals surface area contributed by atoms with Gasteiger partial charge in [0.25, 0.3) is 5.92 Å². The lowest BCUT2D eigenvalue weighted by atomic mass is 9.91. The predicted octanol–water partition coefficient (Wildman–Crippen LogP) is 3.30. The normalized spacial score (nSPS) is 27.9. The number of anilines is 1. The highest BCUT2D eigenvalue weighted by molar-refractivity contribution is 5.97. The summed E-state index contributed by atoms with van der Waals surface area (Å²) in [5.41, 5.74) is 0.647. The average molecular weight is 482 g/mol. The van der Waals surface area contributed by atoms with E-state index in [9.17, 15) is 18.0 Å². The molecule has 2 saturated heterocycles. The van der Waals surface area contributed by atoms with Gasteiger partial charge in [0.15, 0.2) is 0 Å². The Hall–Kier alpha value is -1.71. The zero-order chi connectivity index (χ0) is 24.7. The number of likely N-dealkylation sites (tertiary alicyclic amines) is 1. The summed E-state index contributed by atoms with van der Waals surface area (Å²) in [6.45, 7) is 11.8. The molecule has 6 nitrogen and oxygen atoms in total. The number of fused-ring (bicyclic) bond motifs is 1. The van der Waals surface area contributed by atoms with Gasteiger partial charge in [0, 0.05) is 74.9 Å². The fraction of sp³-hybridized carbons (Fsp3) is 0.760. The van der Waals surface area contributed by atoms with Crippen molar-refractivity contribution in [2.45, 2.75) is 76.6 Å². The van der Waals surface area contributed by atoms with Crippen LogP contribution in [0.25, 0.3) is 0 Å². The molecule has 0 aliphatic carbocycles. The molecule has 2 fully saturated rings. The van der Waals surface area contributed by atoms with Gasteiger partial charge in [0.05, 0.1) is 17.9 Å². The Morgan fingerprint density at radius 3 is 2.76 bits per heavy atom. The van der Waals surface area contributed by atoms with Gasteiger partial charge in [-0.2, -0.15) is 0 Å². The van der Waals surface area contributed by atoms with Gasteiger partial charge in [0.2, 0.25) is 5.91 Å². The number of carbonyl (C=O) groups is 1. The first-order chi connectivity index (χ1) is 16.0. The van der Waals surface area contributed by atoms with Crippen molar-refractivity contribution in [2.24, 2.45) is 0 Å². The lowest BCUT2D eigenvalue weighted by Crippen LogP contribution is -2.60. The molecule has 4 heterocycles. The number of alkyl halides is 3. The number of rotatable bonds is 7. The van der Waals surface area contributed by atoms with Gasteiger partial charge in [-0.25, -0.2) is 13.2 Å². The van der Waals surface area contributed by atoms with Crippen LogP contribution in [0.3, 0.4) is 0 Å². The van der Waals surface area contributed by atoms with Crippen LogP contribution in [0.5, 0.6) is 0 Å². The van der Waals surface area contributed by atoms with Crippen LogP contribution in [0.1, 0.15) is 58.2 Å². The quantitative estimate of drug-likeness (QED) is 0.648. The number of aromatic nitrogens is 1. The molecule has 0 saturated carbocycles. The van der Waals surface area contributed by atoms with Gasteiger partial charge in [-0.05, 0) is 19.4 Å². The first kappa shape index (κ1) is 25.4. The SMILES string of the molecule is CCCC(F)(F)c1cnc2c(c1)N(C(=O)CN1C[C@@H](C)NC[C@@H]1CN1CC[C@@H](F)C1)CC2(C)C. The van der Waals surface area contributed by atoms with Gasteiger partial charge in [-0.3, -0.25) is 19.6 Å². The van der Waals surface area contributed by atoms with E-state index in [2.05, 4.69) is 27.0 Å². The number of amides is 1. The smallest absolute Gasteiger partial charge is 0.274 e. The van der Waals surface area contributed by atoms with Crippen LogP contribution in [0, 0.1) is 0 Å². The average Bonchev–Trinajstić information content (AvgIpc) is 3.29. The van der Waals surface area contributed by atoms with Crippen LogP contribution in [0.2, 0.25) is 0 Å². The van der Waals surface area contributed by atoms with E-state index in [0.717, 1.165) is 13.1 Å². The topological polar surface area (TPSA) is 51.7 Å². The minimum Gasteiger partial charge on any atom is -0.311 e. The fourth-order valence-corrected chi connectivity index (χ4v) is 5.53. The summed E-state index contributed by atoms with van der Waals surface area (Å²) < 4.78 is 43.0. The zero-order valence-electron chi connectivity index (χ0n) is 20.8. The number of halogens is 3. The van der Waals surface area contributed by atoms with E-state index in [0.29, 0.717) is 50.4 Å². The van der Waals surface area contributed by atoms with E-state index in [1.54, 1.807) is 11.8 Å². The monoisotopic (exact) mass is 481 g/mol. The summed E-state index contributed by atoms with van der Waals surface area (Å²) in [6.07, 6.45) is 1.17. The van der Waals surface area contributed by atoms with Crippen molar-refractivity contribution in [2.75, 3.05) is 50.7 Å². The molecular weight excluding hydrogens is 443 g/mol. The maximum atomic E-state index is 14.6. The molecule has 1 N–H and O–H groups in total. The van der Waals surface area contributed by atoms with E-state index in [1.165, 1.54) is 12.3 Å². The van der Waals surface area contributed by atoms with E-state index in [-0.39, 0.29) is 36.5 Å². The van der Waals surface area contributed by atoms with Crippen molar-refractivity contribution < 1.29 is 18.0 Å². The lowest BCUT2D eigenvalue weighted by molar-refractivity contribution is -0.120. The molecule has 9 heteroatoms. The minimum absolute atomic E-state index is 0.0962. The molecule has 3 aliphatic heterocycles. The second kappa shape index (κ2) is 9.74. The zero-order valence-corrected chi connectivity index (χ0v) is 20.8. The summed E-state index contributed by atoms with van der Waals surface area (Å²) in [7, 11) is 0. The molecule has 0 aromatic carbocycles. The lowest BCUT2D eigenvalue weighted by Gasteiger charge is -2.41. The molecule has 1 aromatic rings. The summed E-state index contributed by atoms with van der Waals surface area (Å²) >= 11 is 0. The van der Waals surface area contributed by atoms with Crippen LogP contribution < -0.4 is 10.2 Å². The van der Waals surface area contributed by atoms with Crippen LogP contribution in [-0.4, -0.2) is 84.8 Å². The standard InChI is InChI=1S/C25H38F3N5O/c1-5-7-25(27,28)18-9-21-23(30-10-18)24(3,4)16-33(21)22(34)15-32-12-17(2)29-11-20(32)14-31-8-6-19(26)13-31/h9-10,17,19-20,29H,5-8,11-16H2,1-4H3/t17-,19-,20-/m1/s1. The highest BCUT2D eigenvalue weighted by Gasteiger charge is 2.42. The van der Waals surface area contributed by atoms with Gasteiger partial charge in [0.1, 0.15) is 6.17 Å². The maximum absolute atomic E-state index is 14.6. The molecule has 0 radical (unpaired) electrons. The van der Waals surface area contributed by atoms with Gasteiger partial charge in [-0.15, -0.1) is 0 Å². The van der Waals surface area contributed by atoms with Crippen LogP contribution in [0.4, 0.5) is 18.9 Å². The van der Waals surface area contributed by atoms with Crippen LogP contribution in [-0.2, 0) is 16.1 Å². The van der Waals surface area contributed by atoms with Crippen molar-refractivity contribution in [3.63, 3.8) is 0 Å². The van der Waals surface area contributed by atoms with Gasteiger partial charge in [-0.1, -0.05) is 27.2 Å². The number of nitrogens with zero attached hydrogens (tertiary/aromatic N) is 4. The number of carbonyl (C=O) groups excluding carboxylic acids is 1. The Labute approximate surface area is 200 Å². The Morgan fingerprint density at radius 1 is 1.32 bits per heavy atom. The molecule has 1 amide bonds. The van der Waals surface area contributed by atoms with Crippen molar-refractivity contribution in [1.29, 1.82) is 0 Å². The van der Waals surface area contributed by atoms with E-state index < -0.39 is 17.5 Å². The molecule has 34 heavy (non-hydrogen) atoms. The number of piperazine rings is 1. The second-order valence-corrected chi connectivity index (χ2v) is 10.9. The Kier molecular flexibility index (Phi) is 7.27. The molecule has 0 spiro atoms. The molecule has 4 rings (SSSR count). The minimum atomic E-state index is -2.97. The largest absolute Gasteiger partial charge is 0.311 e. The molecule has 3 atom stereocenters. The van der Waals surface area contributed by atoms with E-state index >= 15 is 0 Å². The van der Waals surface area contributed by atoms with Crippen LogP contribution >= 0.6 is 0 Å². The number of hydrogen-bond acceptors (Lipinski definition) is 5. The summed E-state index contributed by atoms with van der Waals surface area (Å²) in [4.78, 5) is 23.9. The van der Waals surface area contributed by atoms with Crippen LogP contribution in [0.15, 0.2) is 12.3 Å². The first-order valence-corrected chi connectivity index (χ1v) is 12.5. The molecule has 0 bridgehead atoms. The first-order valence-electron chi connectivity index (χ1n) is 12.5. The molecule has 190 valence electrons. The number of nitrogens with one attached hydrogen (secondary N) is 1. The van der Waals surface area contributed by atoms with Crippen molar-refractivity contribution in [3.05, 3.63) is 23.5 Å². The Morgan fingerprint density at radius 2 is 2.09 bits per heavy atom. The fourth-order valence-electron chi connectivity index (χ4n) is 5.53. The van der Waals surface area contributed by atoms with E-state index in [4.69, 9.17) is 0 Å². The number of hydrogen-bond donors (Lipinski definition) is 1. The third-order valence-corrected chi connectivity index (χ3v) is 7.39. The third kappa shape index (κ3) is 5.26. The molecule has 1 aromatic heterocycles. The van der Waals surface area contributed by atoms with Crippen molar-refractivity contribution in [3.8, 4) is 0 Å². The molecule has 3 aliphatic rings. The predicted molar refractivity (Wildman–Crippen MR) is 127 cm³/mol. The molecule has 0 unspecified atom stereocenters. The molecular formula is C25H38F3N5O. The Balaban J connectivity index is 1.53. The summed E-state index contributed by atoms with van der Waals surface area (Å²) in [5.74, 6) is -3.07. The van der Waals surface area contributed by atoms with Crippen molar-refractivity contribution >= 4 is 11.6 Å². The maximum Gasteiger partial charge on any atom is 0.274 e. The Bertz CT molecular complexity index is 895. The summed E-state index contributed by atoms with van der Waals surface area (Å²) in [5, 5.41) is 3.47. The van der Waals surface area contributed by atoms with E-state index in [1.807, 2.05) is 13.8 Å². The summed E-state index contributed by atoms with van der Waals surface area (Å²) in [6, 6.07) is 1.80.